The fourth-order valence-corrected chi connectivity index (χ4v) is 3.55. The molecule has 122 valence electrons. The molecule has 2 aromatic rings. The van der Waals surface area contributed by atoms with Crippen LogP contribution in [0.15, 0.2) is 40.2 Å². The van der Waals surface area contributed by atoms with E-state index in [1.807, 2.05) is 44.2 Å². The second kappa shape index (κ2) is 7.75. The molecule has 6 heteroatoms. The molecule has 4 nitrogen and oxygen atoms in total. The van der Waals surface area contributed by atoms with Gasteiger partial charge in [-0.1, -0.05) is 24.3 Å². The predicted octanol–water partition coefficient (Wildman–Crippen LogP) is 3.81. The van der Waals surface area contributed by atoms with E-state index >= 15 is 0 Å². The molecule has 0 aliphatic carbocycles. The van der Waals surface area contributed by atoms with E-state index in [-0.39, 0.29) is 17.9 Å². The van der Waals surface area contributed by atoms with Gasteiger partial charge in [0.1, 0.15) is 6.04 Å². The first kappa shape index (κ1) is 17.7. The van der Waals surface area contributed by atoms with Crippen molar-refractivity contribution in [2.24, 2.45) is 0 Å². The Balaban J connectivity index is 1.95. The standard InChI is InChI=1S/C17H19BrN2O2S/c1-10-6-4-5-7-13(10)11(2)19-16(21)12(3)20-17(22)14-8-9-15(18)23-14/h4-9,11-12H,1-3H3,(H,19,21)(H,20,22)/t11-,12+/m1/s1. The Labute approximate surface area is 148 Å². The summed E-state index contributed by atoms with van der Waals surface area (Å²) in [6.45, 7) is 5.63. The minimum Gasteiger partial charge on any atom is -0.348 e. The largest absolute Gasteiger partial charge is 0.348 e. The van der Waals surface area contributed by atoms with Crippen molar-refractivity contribution in [3.05, 3.63) is 56.2 Å². The molecule has 0 saturated heterocycles. The van der Waals surface area contributed by atoms with Crippen molar-refractivity contribution in [1.82, 2.24) is 10.6 Å². The van der Waals surface area contributed by atoms with E-state index in [0.29, 0.717) is 4.88 Å². The molecule has 1 aromatic heterocycles. The number of carbonyl (C=O) groups excluding carboxylic acids is 2. The maximum Gasteiger partial charge on any atom is 0.262 e. The van der Waals surface area contributed by atoms with Crippen LogP contribution in [0.4, 0.5) is 0 Å². The van der Waals surface area contributed by atoms with Gasteiger partial charge in [0.05, 0.1) is 14.7 Å². The number of aryl methyl sites for hydroxylation is 1. The molecule has 0 aliphatic heterocycles. The lowest BCUT2D eigenvalue weighted by atomic mass is 10.0. The monoisotopic (exact) mass is 394 g/mol. The summed E-state index contributed by atoms with van der Waals surface area (Å²) in [5, 5.41) is 5.66. The maximum absolute atomic E-state index is 12.3. The van der Waals surface area contributed by atoms with Crippen LogP contribution < -0.4 is 10.6 Å². The molecule has 0 fully saturated rings. The summed E-state index contributed by atoms with van der Waals surface area (Å²) in [6, 6.07) is 10.7. The molecule has 0 radical (unpaired) electrons. The maximum atomic E-state index is 12.3. The molecule has 2 amide bonds. The number of rotatable bonds is 5. The molecule has 1 aromatic carbocycles. The first-order valence-corrected chi connectivity index (χ1v) is 8.91. The van der Waals surface area contributed by atoms with Crippen molar-refractivity contribution in [3.8, 4) is 0 Å². The number of carbonyl (C=O) groups is 2. The molecule has 2 N–H and O–H groups in total. The van der Waals surface area contributed by atoms with Crippen LogP contribution in [0.1, 0.15) is 40.7 Å². The van der Waals surface area contributed by atoms with Gasteiger partial charge in [0, 0.05) is 0 Å². The zero-order chi connectivity index (χ0) is 17.0. The summed E-state index contributed by atoms with van der Waals surface area (Å²) >= 11 is 4.66. The third-order valence-corrected chi connectivity index (χ3v) is 5.17. The zero-order valence-corrected chi connectivity index (χ0v) is 15.6. The third-order valence-electron chi connectivity index (χ3n) is 3.55. The Morgan fingerprint density at radius 2 is 1.78 bits per heavy atom. The van der Waals surface area contributed by atoms with Crippen LogP contribution in [-0.2, 0) is 4.79 Å². The van der Waals surface area contributed by atoms with Crippen molar-refractivity contribution in [1.29, 1.82) is 0 Å². The van der Waals surface area contributed by atoms with Crippen LogP contribution in [-0.4, -0.2) is 17.9 Å². The highest BCUT2D eigenvalue weighted by molar-refractivity contribution is 9.11. The molecule has 2 atom stereocenters. The number of hydrogen-bond donors (Lipinski definition) is 2. The summed E-state index contributed by atoms with van der Waals surface area (Å²) in [6.07, 6.45) is 0. The minimum atomic E-state index is -0.602. The van der Waals surface area contributed by atoms with Gasteiger partial charge in [-0.2, -0.15) is 0 Å². The van der Waals surface area contributed by atoms with Crippen molar-refractivity contribution >= 4 is 39.1 Å². The number of hydrogen-bond acceptors (Lipinski definition) is 3. The lowest BCUT2D eigenvalue weighted by Crippen LogP contribution is -2.45. The summed E-state index contributed by atoms with van der Waals surface area (Å²) in [5.41, 5.74) is 2.20. The van der Waals surface area contributed by atoms with Crippen LogP contribution in [0, 0.1) is 6.92 Å². The first-order chi connectivity index (χ1) is 10.9. The van der Waals surface area contributed by atoms with Gasteiger partial charge in [0.15, 0.2) is 0 Å². The summed E-state index contributed by atoms with van der Waals surface area (Å²) < 4.78 is 0.882. The van der Waals surface area contributed by atoms with E-state index in [9.17, 15) is 9.59 Å². The van der Waals surface area contributed by atoms with Gasteiger partial charge in [0.2, 0.25) is 5.91 Å². The van der Waals surface area contributed by atoms with Crippen LogP contribution in [0.5, 0.6) is 0 Å². The molecular weight excluding hydrogens is 376 g/mol. The average molecular weight is 395 g/mol. The van der Waals surface area contributed by atoms with E-state index in [2.05, 4.69) is 26.6 Å². The fourth-order valence-electron chi connectivity index (χ4n) is 2.26. The Bertz CT molecular complexity index is 714. The highest BCUT2D eigenvalue weighted by Gasteiger charge is 2.20. The molecule has 1 heterocycles. The lowest BCUT2D eigenvalue weighted by Gasteiger charge is -2.20. The minimum absolute atomic E-state index is 0.112. The van der Waals surface area contributed by atoms with Crippen LogP contribution in [0.3, 0.4) is 0 Å². The number of thiophene rings is 1. The number of nitrogens with one attached hydrogen (secondary N) is 2. The molecule has 2 rings (SSSR count). The van der Waals surface area contributed by atoms with E-state index < -0.39 is 6.04 Å². The normalized spacial score (nSPS) is 13.2. The second-order valence-electron chi connectivity index (χ2n) is 5.39. The van der Waals surface area contributed by atoms with Crippen LogP contribution in [0.25, 0.3) is 0 Å². The van der Waals surface area contributed by atoms with Gasteiger partial charge in [-0.3, -0.25) is 9.59 Å². The number of amides is 2. The van der Waals surface area contributed by atoms with Crippen molar-refractivity contribution < 1.29 is 9.59 Å². The van der Waals surface area contributed by atoms with E-state index in [0.717, 1.165) is 14.9 Å². The fraction of sp³-hybridized carbons (Fsp3) is 0.294. The molecular formula is C17H19BrN2O2S. The molecule has 0 spiro atoms. The second-order valence-corrected chi connectivity index (χ2v) is 7.85. The Kier molecular flexibility index (Phi) is 5.96. The summed E-state index contributed by atoms with van der Waals surface area (Å²) in [7, 11) is 0. The Hall–Kier alpha value is -1.66. The molecule has 0 aliphatic rings. The van der Waals surface area contributed by atoms with Crippen molar-refractivity contribution in [2.75, 3.05) is 0 Å². The van der Waals surface area contributed by atoms with E-state index in [1.54, 1.807) is 13.0 Å². The highest BCUT2D eigenvalue weighted by Crippen LogP contribution is 2.22. The SMILES string of the molecule is Cc1ccccc1[C@@H](C)NC(=O)[C@H](C)NC(=O)c1ccc(Br)s1. The molecule has 0 bridgehead atoms. The van der Waals surface area contributed by atoms with Gasteiger partial charge in [-0.25, -0.2) is 0 Å². The quantitative estimate of drug-likeness (QED) is 0.809. The first-order valence-electron chi connectivity index (χ1n) is 7.30. The number of halogens is 1. The average Bonchev–Trinajstić information content (AvgIpc) is 2.94. The lowest BCUT2D eigenvalue weighted by molar-refractivity contribution is -0.123. The molecule has 0 unspecified atom stereocenters. The summed E-state index contributed by atoms with van der Waals surface area (Å²) in [4.78, 5) is 24.9. The van der Waals surface area contributed by atoms with Gasteiger partial charge in [-0.15, -0.1) is 11.3 Å². The summed E-state index contributed by atoms with van der Waals surface area (Å²) in [5.74, 6) is -0.448. The van der Waals surface area contributed by atoms with E-state index in [4.69, 9.17) is 0 Å². The van der Waals surface area contributed by atoms with Gasteiger partial charge >= 0.3 is 0 Å². The van der Waals surface area contributed by atoms with E-state index in [1.165, 1.54) is 11.3 Å². The zero-order valence-electron chi connectivity index (χ0n) is 13.2. The van der Waals surface area contributed by atoms with Gasteiger partial charge < -0.3 is 10.6 Å². The predicted molar refractivity (Wildman–Crippen MR) is 96.7 cm³/mol. The molecule has 0 saturated carbocycles. The van der Waals surface area contributed by atoms with Crippen LogP contribution >= 0.6 is 27.3 Å². The smallest absolute Gasteiger partial charge is 0.262 e. The van der Waals surface area contributed by atoms with Gasteiger partial charge in [0.25, 0.3) is 5.91 Å². The van der Waals surface area contributed by atoms with Crippen molar-refractivity contribution in [2.45, 2.75) is 32.9 Å². The topological polar surface area (TPSA) is 58.2 Å². The highest BCUT2D eigenvalue weighted by atomic mass is 79.9. The number of benzene rings is 1. The Morgan fingerprint density at radius 1 is 1.09 bits per heavy atom. The van der Waals surface area contributed by atoms with Crippen LogP contribution in [0.2, 0.25) is 0 Å². The molecule has 23 heavy (non-hydrogen) atoms. The van der Waals surface area contributed by atoms with Gasteiger partial charge in [-0.05, 0) is 60.0 Å². The third kappa shape index (κ3) is 4.65. The Morgan fingerprint density at radius 3 is 2.39 bits per heavy atom. The van der Waals surface area contributed by atoms with Crippen molar-refractivity contribution in [3.63, 3.8) is 0 Å².